The summed E-state index contributed by atoms with van der Waals surface area (Å²) in [6.45, 7) is 12.6. The molecule has 2 N–H and O–H groups in total. The summed E-state index contributed by atoms with van der Waals surface area (Å²) >= 11 is 0. The summed E-state index contributed by atoms with van der Waals surface area (Å²) in [5, 5.41) is 14.0. The number of benzene rings is 3. The average molecular weight is 628 g/mol. The summed E-state index contributed by atoms with van der Waals surface area (Å²) in [4.78, 5) is 18.3. The zero-order valence-electron chi connectivity index (χ0n) is 27.2. The van der Waals surface area contributed by atoms with Crippen LogP contribution in [0.25, 0.3) is 0 Å². The van der Waals surface area contributed by atoms with Crippen molar-refractivity contribution in [3.8, 4) is 5.75 Å². The van der Waals surface area contributed by atoms with Gasteiger partial charge in [-0.15, -0.1) is 0 Å². The molecule has 4 aromatic rings. The van der Waals surface area contributed by atoms with Gasteiger partial charge in [-0.3, -0.25) is 4.57 Å². The van der Waals surface area contributed by atoms with Crippen molar-refractivity contribution in [1.29, 1.82) is 0 Å². The maximum Gasteiger partial charge on any atom is 0.351 e. The molecule has 1 aromatic heterocycles. The van der Waals surface area contributed by atoms with Gasteiger partial charge in [-0.25, -0.2) is 4.79 Å². The molecule has 5 rings (SSSR count). The van der Waals surface area contributed by atoms with Gasteiger partial charge in [-0.2, -0.15) is 4.98 Å². The van der Waals surface area contributed by atoms with Crippen LogP contribution in [0.15, 0.2) is 102 Å². The summed E-state index contributed by atoms with van der Waals surface area (Å²) in [5.41, 5.74) is 1.57. The van der Waals surface area contributed by atoms with Gasteiger partial charge in [0.05, 0.1) is 25.4 Å². The van der Waals surface area contributed by atoms with E-state index in [0.717, 1.165) is 22.4 Å². The van der Waals surface area contributed by atoms with E-state index in [2.05, 4.69) is 68.4 Å². The standard InChI is InChI=1S/C36H45N3O5Si/c1-25(40)30-24-31(44-45(6,7)35(2,3)4)33(43-30)39-23-22-32(37-34(39)41)38-36(26-14-10-8-11-15-26,27-16-12-9-13-17-27)28-18-20-29(42-5)21-19-28/h8-23,25,30-31,33,40H,24H2,1-7H3,(H,37,38,41)/t25?,30?,31-,33-/m1/s1. The fourth-order valence-corrected chi connectivity index (χ4v) is 7.01. The summed E-state index contributed by atoms with van der Waals surface area (Å²) in [5.74, 6) is 1.16. The number of aliphatic hydroxyl groups is 1. The minimum absolute atomic E-state index is 0.0306. The molecular formula is C36H45N3O5Si. The molecule has 0 amide bonds. The van der Waals surface area contributed by atoms with Crippen molar-refractivity contribution in [3.63, 3.8) is 0 Å². The third-order valence-electron chi connectivity index (χ3n) is 9.24. The molecule has 0 bridgehead atoms. The second-order valence-corrected chi connectivity index (χ2v) is 18.1. The van der Waals surface area contributed by atoms with E-state index in [4.69, 9.17) is 13.9 Å². The first-order valence-corrected chi connectivity index (χ1v) is 18.4. The van der Waals surface area contributed by atoms with Crippen molar-refractivity contribution >= 4 is 14.1 Å². The molecule has 9 heteroatoms. The van der Waals surface area contributed by atoms with Crippen molar-refractivity contribution in [3.05, 3.63) is 124 Å². The average Bonchev–Trinajstić information content (AvgIpc) is 3.43. The minimum atomic E-state index is -2.21. The Morgan fingerprint density at radius 1 is 0.933 bits per heavy atom. The molecule has 4 atom stereocenters. The Balaban J connectivity index is 1.58. The van der Waals surface area contributed by atoms with E-state index in [9.17, 15) is 9.90 Å². The molecule has 45 heavy (non-hydrogen) atoms. The van der Waals surface area contributed by atoms with Crippen LogP contribution in [0.4, 0.5) is 5.82 Å². The van der Waals surface area contributed by atoms with E-state index >= 15 is 0 Å². The molecule has 2 unspecified atom stereocenters. The number of nitrogens with one attached hydrogen (secondary N) is 1. The van der Waals surface area contributed by atoms with Gasteiger partial charge >= 0.3 is 5.69 Å². The number of hydrogen-bond acceptors (Lipinski definition) is 7. The van der Waals surface area contributed by atoms with E-state index in [-0.39, 0.29) is 5.04 Å². The number of ether oxygens (including phenoxy) is 2. The number of aliphatic hydroxyl groups excluding tert-OH is 1. The van der Waals surface area contributed by atoms with E-state index in [1.807, 2.05) is 60.7 Å². The molecule has 1 fully saturated rings. The zero-order chi connectivity index (χ0) is 32.4. The smallest absolute Gasteiger partial charge is 0.351 e. The molecule has 3 aromatic carbocycles. The Morgan fingerprint density at radius 2 is 1.49 bits per heavy atom. The highest BCUT2D eigenvalue weighted by Gasteiger charge is 2.46. The molecule has 2 heterocycles. The van der Waals surface area contributed by atoms with Crippen molar-refractivity contribution in [2.75, 3.05) is 12.4 Å². The van der Waals surface area contributed by atoms with Crippen LogP contribution < -0.4 is 15.7 Å². The SMILES string of the molecule is COc1ccc(C(Nc2ccn([C@@H]3OC(C(C)O)C[C@H]3O[Si](C)(C)C(C)(C)C)c(=O)n2)(c2ccccc2)c2ccccc2)cc1. The van der Waals surface area contributed by atoms with Crippen molar-refractivity contribution < 1.29 is 19.0 Å². The zero-order valence-corrected chi connectivity index (χ0v) is 28.2. The predicted octanol–water partition coefficient (Wildman–Crippen LogP) is 6.71. The first-order valence-electron chi connectivity index (χ1n) is 15.5. The number of methoxy groups -OCH3 is 1. The van der Waals surface area contributed by atoms with E-state index < -0.39 is 44.1 Å². The van der Waals surface area contributed by atoms with E-state index in [1.165, 1.54) is 4.57 Å². The molecular weight excluding hydrogens is 582 g/mol. The Hall–Kier alpha value is -3.76. The minimum Gasteiger partial charge on any atom is -0.497 e. The lowest BCUT2D eigenvalue weighted by atomic mass is 9.77. The molecule has 1 aliphatic rings. The summed E-state index contributed by atoms with van der Waals surface area (Å²) < 4.78 is 20.0. The van der Waals surface area contributed by atoms with Crippen LogP contribution >= 0.6 is 0 Å². The molecule has 8 nitrogen and oxygen atoms in total. The Kier molecular flexibility index (Phi) is 9.37. The largest absolute Gasteiger partial charge is 0.497 e. The van der Waals surface area contributed by atoms with Crippen LogP contribution in [-0.4, -0.2) is 48.4 Å². The van der Waals surface area contributed by atoms with Crippen molar-refractivity contribution in [2.24, 2.45) is 0 Å². The third-order valence-corrected chi connectivity index (χ3v) is 13.7. The first kappa shape index (κ1) is 32.6. The third kappa shape index (κ3) is 6.62. The Labute approximate surface area is 267 Å². The van der Waals surface area contributed by atoms with Crippen LogP contribution in [0, 0.1) is 0 Å². The van der Waals surface area contributed by atoms with Gasteiger partial charge < -0.3 is 24.3 Å². The monoisotopic (exact) mass is 627 g/mol. The summed E-state index contributed by atoms with van der Waals surface area (Å²) in [6, 6.07) is 30.0. The molecule has 0 aliphatic carbocycles. The van der Waals surface area contributed by atoms with Crippen LogP contribution in [0.2, 0.25) is 18.1 Å². The molecule has 1 saturated heterocycles. The van der Waals surface area contributed by atoms with E-state index in [0.29, 0.717) is 12.2 Å². The highest BCUT2D eigenvalue weighted by Crippen LogP contribution is 2.43. The number of hydrogen-bond donors (Lipinski definition) is 2. The summed E-state index contributed by atoms with van der Waals surface area (Å²) in [7, 11) is -0.561. The normalized spacial score (nSPS) is 19.7. The lowest BCUT2D eigenvalue weighted by molar-refractivity contribution is -0.0711. The Bertz CT molecular complexity index is 1580. The number of nitrogens with zero attached hydrogens (tertiary/aromatic N) is 2. The fourth-order valence-electron chi connectivity index (χ4n) is 5.69. The van der Waals surface area contributed by atoms with Gasteiger partial charge in [-0.1, -0.05) is 93.6 Å². The molecule has 238 valence electrons. The van der Waals surface area contributed by atoms with Crippen molar-refractivity contribution in [2.45, 2.75) is 82.3 Å². The van der Waals surface area contributed by atoms with Crippen LogP contribution in [0.3, 0.4) is 0 Å². The molecule has 0 radical (unpaired) electrons. The quantitative estimate of drug-likeness (QED) is 0.149. The van der Waals surface area contributed by atoms with Gasteiger partial charge in [0.15, 0.2) is 14.5 Å². The first-order chi connectivity index (χ1) is 21.4. The van der Waals surface area contributed by atoms with Gasteiger partial charge in [0.1, 0.15) is 17.1 Å². The number of aromatic nitrogens is 2. The molecule has 1 aliphatic heterocycles. The number of anilines is 1. The molecule has 0 spiro atoms. The topological polar surface area (TPSA) is 94.8 Å². The highest BCUT2D eigenvalue weighted by molar-refractivity contribution is 6.74. The van der Waals surface area contributed by atoms with Gasteiger partial charge in [-0.05, 0) is 59.9 Å². The van der Waals surface area contributed by atoms with Crippen LogP contribution in [-0.2, 0) is 14.7 Å². The van der Waals surface area contributed by atoms with Gasteiger partial charge in [0, 0.05) is 12.6 Å². The second kappa shape index (κ2) is 12.9. The Morgan fingerprint density at radius 3 is 1.98 bits per heavy atom. The van der Waals surface area contributed by atoms with Gasteiger partial charge in [0.2, 0.25) is 0 Å². The van der Waals surface area contributed by atoms with Crippen LogP contribution in [0.1, 0.15) is 57.0 Å². The summed E-state index contributed by atoms with van der Waals surface area (Å²) in [6.07, 6.45) is -0.0496. The maximum atomic E-state index is 13.8. The lowest BCUT2D eigenvalue weighted by Crippen LogP contribution is -2.46. The van der Waals surface area contributed by atoms with Gasteiger partial charge in [0.25, 0.3) is 0 Å². The highest BCUT2D eigenvalue weighted by atomic mass is 28.4. The van der Waals surface area contributed by atoms with E-state index in [1.54, 1.807) is 26.3 Å². The van der Waals surface area contributed by atoms with Crippen molar-refractivity contribution in [1.82, 2.24) is 9.55 Å². The number of rotatable bonds is 10. The lowest BCUT2D eigenvalue weighted by Gasteiger charge is -2.39. The predicted molar refractivity (Wildman–Crippen MR) is 180 cm³/mol. The maximum absolute atomic E-state index is 13.8. The van der Waals surface area contributed by atoms with Crippen LogP contribution in [0.5, 0.6) is 5.75 Å². The molecule has 0 saturated carbocycles. The fraction of sp³-hybridized carbons (Fsp3) is 0.389. The second-order valence-electron chi connectivity index (χ2n) is 13.3.